The van der Waals surface area contributed by atoms with Gasteiger partial charge in [-0.1, -0.05) is 32.9 Å². The van der Waals surface area contributed by atoms with Gasteiger partial charge in [-0.05, 0) is 63.0 Å². The molecule has 11 nitrogen and oxygen atoms in total. The fourth-order valence-corrected chi connectivity index (χ4v) is 5.15. The molecular formula is C32H56N2O9Si. The Morgan fingerprint density at radius 2 is 1.52 bits per heavy atom. The number of nitrogens with zero attached hydrogens (tertiary/aromatic N) is 1. The maximum atomic E-state index is 13.7. The molecule has 1 N–H and O–H groups in total. The van der Waals surface area contributed by atoms with E-state index in [1.165, 1.54) is 0 Å². The van der Waals surface area contributed by atoms with E-state index in [9.17, 15) is 9.59 Å². The van der Waals surface area contributed by atoms with Gasteiger partial charge in [-0.2, -0.15) is 0 Å². The lowest BCUT2D eigenvalue weighted by Gasteiger charge is -2.36. The van der Waals surface area contributed by atoms with Crippen LogP contribution < -0.4 is 10.1 Å². The maximum Gasteiger partial charge on any atom is 0.408 e. The normalized spacial score (nSPS) is 16.6. The summed E-state index contributed by atoms with van der Waals surface area (Å²) in [6, 6.07) is 6.28. The second-order valence-corrected chi connectivity index (χ2v) is 18.2. The number of rotatable bonds is 18. The van der Waals surface area contributed by atoms with Crippen molar-refractivity contribution >= 4 is 20.3 Å². The average molecular weight is 641 g/mol. The highest BCUT2D eigenvalue weighted by atomic mass is 28.4. The first-order valence-electron chi connectivity index (χ1n) is 15.5. The van der Waals surface area contributed by atoms with Gasteiger partial charge in [0.15, 0.2) is 8.32 Å². The molecule has 12 heteroatoms. The van der Waals surface area contributed by atoms with Gasteiger partial charge >= 0.3 is 6.09 Å². The lowest BCUT2D eigenvalue weighted by atomic mass is 10.1. The maximum absolute atomic E-state index is 13.7. The van der Waals surface area contributed by atoms with Crippen molar-refractivity contribution in [3.8, 4) is 5.75 Å². The molecule has 0 aliphatic carbocycles. The molecule has 1 aliphatic rings. The number of alkyl carbamates (subject to hydrolysis) is 1. The SMILES string of the molecule is COCCOCCOCCO[C@H]1CCN(C(=O)[C@@H](NC(=O)OC(C)(C)C)c2ccc(OCCO[Si](C)(C)C(C)(C)C)cc2)C1. The van der Waals surface area contributed by atoms with Gasteiger partial charge < -0.3 is 43.1 Å². The summed E-state index contributed by atoms with van der Waals surface area (Å²) in [5.41, 5.74) is -0.0664. The van der Waals surface area contributed by atoms with Crippen molar-refractivity contribution in [1.82, 2.24) is 10.2 Å². The number of carbonyl (C=O) groups is 2. The summed E-state index contributed by atoms with van der Waals surface area (Å²) >= 11 is 0. The van der Waals surface area contributed by atoms with Crippen molar-refractivity contribution in [3.05, 3.63) is 29.8 Å². The summed E-state index contributed by atoms with van der Waals surface area (Å²) < 4.78 is 39.4. The Balaban J connectivity index is 1.93. The van der Waals surface area contributed by atoms with Gasteiger partial charge in [-0.3, -0.25) is 4.79 Å². The molecule has 1 aliphatic heterocycles. The second-order valence-electron chi connectivity index (χ2n) is 13.4. The summed E-state index contributed by atoms with van der Waals surface area (Å²) in [6.45, 7) is 21.2. The lowest BCUT2D eigenvalue weighted by molar-refractivity contribution is -0.133. The number of ether oxygens (including phenoxy) is 6. The molecule has 44 heavy (non-hydrogen) atoms. The van der Waals surface area contributed by atoms with Crippen LogP contribution in [-0.4, -0.2) is 110 Å². The number of carbonyl (C=O) groups excluding carboxylic acids is 2. The first kappa shape index (κ1) is 38.0. The highest BCUT2D eigenvalue weighted by Gasteiger charge is 2.37. The molecule has 0 spiro atoms. The second kappa shape index (κ2) is 18.1. The molecule has 1 aromatic rings. The summed E-state index contributed by atoms with van der Waals surface area (Å²) in [6.07, 6.45) is -0.0596. The van der Waals surface area contributed by atoms with E-state index in [1.54, 1.807) is 57.0 Å². The van der Waals surface area contributed by atoms with Crippen LogP contribution in [0.1, 0.15) is 59.6 Å². The highest BCUT2D eigenvalue weighted by Crippen LogP contribution is 2.36. The number of likely N-dealkylation sites (tertiary alicyclic amines) is 1. The van der Waals surface area contributed by atoms with Crippen molar-refractivity contribution in [2.24, 2.45) is 0 Å². The van der Waals surface area contributed by atoms with E-state index < -0.39 is 26.1 Å². The molecular weight excluding hydrogens is 584 g/mol. The quantitative estimate of drug-likeness (QED) is 0.176. The van der Waals surface area contributed by atoms with Gasteiger partial charge in [-0.15, -0.1) is 0 Å². The minimum Gasteiger partial charge on any atom is -0.491 e. The zero-order valence-electron chi connectivity index (χ0n) is 28.4. The average Bonchev–Trinajstić information content (AvgIpc) is 3.41. The van der Waals surface area contributed by atoms with E-state index in [0.29, 0.717) is 83.7 Å². The fraction of sp³-hybridized carbons (Fsp3) is 0.750. The van der Waals surface area contributed by atoms with Gasteiger partial charge in [0.1, 0.15) is 24.0 Å². The van der Waals surface area contributed by atoms with Crippen LogP contribution >= 0.6 is 0 Å². The third kappa shape index (κ3) is 13.8. The van der Waals surface area contributed by atoms with Crippen LogP contribution in [-0.2, 0) is 32.9 Å². The Labute approximate surface area is 265 Å². The van der Waals surface area contributed by atoms with Crippen LogP contribution in [0.4, 0.5) is 4.79 Å². The number of amides is 2. The number of nitrogens with one attached hydrogen (secondary N) is 1. The molecule has 0 radical (unpaired) electrons. The van der Waals surface area contributed by atoms with E-state index in [-0.39, 0.29) is 17.0 Å². The first-order valence-corrected chi connectivity index (χ1v) is 18.4. The van der Waals surface area contributed by atoms with Crippen molar-refractivity contribution in [1.29, 1.82) is 0 Å². The van der Waals surface area contributed by atoms with Crippen molar-refractivity contribution in [3.63, 3.8) is 0 Å². The number of hydrogen-bond acceptors (Lipinski definition) is 9. The number of benzene rings is 1. The van der Waals surface area contributed by atoms with Gasteiger partial charge in [0.2, 0.25) is 5.91 Å². The van der Waals surface area contributed by atoms with E-state index in [4.69, 9.17) is 32.8 Å². The summed E-state index contributed by atoms with van der Waals surface area (Å²) in [5.74, 6) is 0.442. The van der Waals surface area contributed by atoms with Crippen LogP contribution in [0.3, 0.4) is 0 Å². The molecule has 0 aromatic heterocycles. The molecule has 1 fully saturated rings. The van der Waals surface area contributed by atoms with E-state index >= 15 is 0 Å². The van der Waals surface area contributed by atoms with Crippen LogP contribution in [0, 0.1) is 0 Å². The van der Waals surface area contributed by atoms with Gasteiger partial charge in [0.25, 0.3) is 0 Å². The van der Waals surface area contributed by atoms with Crippen LogP contribution in [0.5, 0.6) is 5.75 Å². The predicted molar refractivity (Wildman–Crippen MR) is 172 cm³/mol. The smallest absolute Gasteiger partial charge is 0.408 e. The topological polar surface area (TPSA) is 114 Å². The van der Waals surface area contributed by atoms with Crippen molar-refractivity contribution in [2.75, 3.05) is 73.1 Å². The van der Waals surface area contributed by atoms with Crippen LogP contribution in [0.25, 0.3) is 0 Å². The van der Waals surface area contributed by atoms with Crippen molar-refractivity contribution < 1.29 is 42.4 Å². The predicted octanol–water partition coefficient (Wildman–Crippen LogP) is 4.95. The monoisotopic (exact) mass is 640 g/mol. The largest absolute Gasteiger partial charge is 0.491 e. The summed E-state index contributed by atoms with van der Waals surface area (Å²) in [5, 5.41) is 2.91. The molecule has 0 bridgehead atoms. The van der Waals surface area contributed by atoms with E-state index in [2.05, 4.69) is 39.2 Å². The molecule has 1 aromatic carbocycles. The van der Waals surface area contributed by atoms with Crippen molar-refractivity contribution in [2.45, 2.75) is 83.8 Å². The molecule has 2 atom stereocenters. The number of methoxy groups -OCH3 is 1. The minimum absolute atomic E-state index is 0.105. The number of hydrogen-bond donors (Lipinski definition) is 1. The molecule has 1 saturated heterocycles. The Bertz CT molecular complexity index is 993. The van der Waals surface area contributed by atoms with Gasteiger partial charge in [0.05, 0.1) is 52.4 Å². The molecule has 2 amide bonds. The Morgan fingerprint density at radius 3 is 2.11 bits per heavy atom. The standard InChI is InChI=1S/C32H56N2O9Si/c1-31(2,3)43-30(36)33-28(25-10-12-26(13-11-25)40-22-23-42-44(8,9)32(4,5)6)29(35)34-15-14-27(24-34)41-21-20-39-19-18-38-17-16-37-7/h10-13,27-28H,14-24H2,1-9H3,(H,33,36)/t27-,28-/m0/s1. The van der Waals surface area contributed by atoms with Gasteiger partial charge in [-0.25, -0.2) is 4.79 Å². The minimum atomic E-state index is -1.85. The lowest BCUT2D eigenvalue weighted by Crippen LogP contribution is -2.44. The molecule has 0 unspecified atom stereocenters. The van der Waals surface area contributed by atoms with E-state index in [1.807, 2.05) is 0 Å². The van der Waals surface area contributed by atoms with Crippen LogP contribution in [0.15, 0.2) is 24.3 Å². The third-order valence-electron chi connectivity index (χ3n) is 7.58. The Kier molecular flexibility index (Phi) is 15.6. The fourth-order valence-electron chi connectivity index (χ4n) is 4.13. The van der Waals surface area contributed by atoms with E-state index in [0.717, 1.165) is 0 Å². The third-order valence-corrected chi connectivity index (χ3v) is 12.1. The highest BCUT2D eigenvalue weighted by molar-refractivity contribution is 6.74. The summed E-state index contributed by atoms with van der Waals surface area (Å²) in [7, 11) is -0.214. The zero-order chi connectivity index (χ0) is 32.8. The first-order chi connectivity index (χ1) is 20.6. The molecule has 0 saturated carbocycles. The molecule has 2 rings (SSSR count). The Hall–Kier alpha value is -2.22. The summed E-state index contributed by atoms with van der Waals surface area (Å²) in [4.78, 5) is 28.1. The molecule has 1 heterocycles. The van der Waals surface area contributed by atoms with Crippen LogP contribution in [0.2, 0.25) is 18.1 Å². The molecule has 252 valence electrons. The zero-order valence-corrected chi connectivity index (χ0v) is 29.4. The van der Waals surface area contributed by atoms with Gasteiger partial charge in [0, 0.05) is 20.2 Å². The Morgan fingerprint density at radius 1 is 0.909 bits per heavy atom.